The van der Waals surface area contributed by atoms with E-state index in [-0.39, 0.29) is 5.54 Å². The maximum absolute atomic E-state index is 9.32. The molecule has 0 saturated heterocycles. The molecule has 1 atom stereocenters. The first kappa shape index (κ1) is 11.5. The van der Waals surface area contributed by atoms with Gasteiger partial charge in [0.25, 0.3) is 0 Å². The number of nitrogens with one attached hydrogen (secondary N) is 1. The lowest BCUT2D eigenvalue weighted by Crippen LogP contribution is -2.46. The van der Waals surface area contributed by atoms with Crippen molar-refractivity contribution in [1.29, 1.82) is 5.26 Å². The quantitative estimate of drug-likeness (QED) is 0.785. The first-order chi connectivity index (χ1) is 7.70. The summed E-state index contributed by atoms with van der Waals surface area (Å²) in [6.45, 7) is 0. The van der Waals surface area contributed by atoms with Crippen LogP contribution in [-0.2, 0) is 7.05 Å². The third-order valence-corrected chi connectivity index (χ3v) is 4.21. The molecule has 1 fully saturated rings. The molecular formula is C11H16N4S. The minimum Gasteiger partial charge on any atom is -0.302 e. The Morgan fingerprint density at radius 3 is 2.94 bits per heavy atom. The predicted molar refractivity (Wildman–Crippen MR) is 64.1 cm³/mol. The number of thioether (sulfide) groups is 1. The van der Waals surface area contributed by atoms with Crippen LogP contribution in [0.5, 0.6) is 0 Å². The monoisotopic (exact) mass is 236 g/mol. The number of hydrogen-bond acceptors (Lipinski definition) is 4. The fraction of sp³-hybridized carbons (Fsp3) is 0.636. The first-order valence-corrected chi connectivity index (χ1v) is 6.40. The average Bonchev–Trinajstić information content (AvgIpc) is 3.06. The van der Waals surface area contributed by atoms with Crippen molar-refractivity contribution in [1.82, 2.24) is 15.1 Å². The summed E-state index contributed by atoms with van der Waals surface area (Å²) in [7, 11) is 3.78. The number of hydrogen-bond donors (Lipinski definition) is 1. The molecule has 16 heavy (non-hydrogen) atoms. The van der Waals surface area contributed by atoms with Gasteiger partial charge < -0.3 is 5.32 Å². The van der Waals surface area contributed by atoms with Crippen LogP contribution in [-0.4, -0.2) is 28.1 Å². The zero-order chi connectivity index (χ0) is 11.6. The van der Waals surface area contributed by atoms with E-state index in [0.29, 0.717) is 5.92 Å². The molecule has 86 valence electrons. The molecule has 2 rings (SSSR count). The largest absolute Gasteiger partial charge is 0.302 e. The Hall–Kier alpha value is -0.990. The van der Waals surface area contributed by atoms with Gasteiger partial charge in [0.15, 0.2) is 0 Å². The summed E-state index contributed by atoms with van der Waals surface area (Å²) in [6, 6.07) is 2.45. The van der Waals surface area contributed by atoms with Crippen LogP contribution < -0.4 is 5.32 Å². The van der Waals surface area contributed by atoms with Crippen LogP contribution in [0.2, 0.25) is 0 Å². The minimum atomic E-state index is -0.361. The Bertz CT molecular complexity index is 404. The summed E-state index contributed by atoms with van der Waals surface area (Å²) >= 11 is 1.70. The van der Waals surface area contributed by atoms with Gasteiger partial charge in [-0.05, 0) is 25.8 Å². The maximum Gasteiger partial charge on any atom is 0.118 e. The molecule has 0 radical (unpaired) electrons. The Morgan fingerprint density at radius 1 is 1.75 bits per heavy atom. The van der Waals surface area contributed by atoms with E-state index in [0.717, 1.165) is 10.6 Å². The second-order valence-corrected chi connectivity index (χ2v) is 5.29. The average molecular weight is 236 g/mol. The Kier molecular flexibility index (Phi) is 3.22. The lowest BCUT2D eigenvalue weighted by atomic mass is 9.98. The fourth-order valence-corrected chi connectivity index (χ4v) is 3.01. The van der Waals surface area contributed by atoms with E-state index in [1.54, 1.807) is 16.4 Å². The second-order valence-electron chi connectivity index (χ2n) is 4.25. The zero-order valence-electron chi connectivity index (χ0n) is 9.60. The van der Waals surface area contributed by atoms with Crippen LogP contribution in [0, 0.1) is 17.2 Å². The van der Waals surface area contributed by atoms with E-state index >= 15 is 0 Å². The molecule has 1 aliphatic rings. The molecule has 0 bridgehead atoms. The van der Waals surface area contributed by atoms with Gasteiger partial charge in [0, 0.05) is 23.9 Å². The third-order valence-electron chi connectivity index (χ3n) is 3.07. The summed E-state index contributed by atoms with van der Waals surface area (Å²) in [5.74, 6) is 1.31. The Balaban J connectivity index is 1.99. The summed E-state index contributed by atoms with van der Waals surface area (Å²) < 4.78 is 1.78. The fourth-order valence-electron chi connectivity index (χ4n) is 1.82. The molecule has 1 aromatic rings. The van der Waals surface area contributed by atoms with Crippen LogP contribution in [0.1, 0.15) is 12.8 Å². The van der Waals surface area contributed by atoms with Crippen LogP contribution in [0.25, 0.3) is 0 Å². The number of aryl methyl sites for hydroxylation is 1. The van der Waals surface area contributed by atoms with E-state index in [4.69, 9.17) is 0 Å². The highest BCUT2D eigenvalue weighted by Crippen LogP contribution is 2.41. The molecule has 1 saturated carbocycles. The Morgan fingerprint density at radius 2 is 2.50 bits per heavy atom. The highest BCUT2D eigenvalue weighted by molar-refractivity contribution is 7.99. The lowest BCUT2D eigenvalue weighted by molar-refractivity contribution is 0.441. The van der Waals surface area contributed by atoms with Crippen LogP contribution in [0.15, 0.2) is 17.3 Å². The van der Waals surface area contributed by atoms with Gasteiger partial charge in [-0.15, -0.1) is 11.8 Å². The van der Waals surface area contributed by atoms with Crippen molar-refractivity contribution in [2.45, 2.75) is 23.3 Å². The van der Waals surface area contributed by atoms with Crippen molar-refractivity contribution in [3.63, 3.8) is 0 Å². The molecule has 0 aliphatic heterocycles. The predicted octanol–water partition coefficient (Wildman–Crippen LogP) is 1.40. The summed E-state index contributed by atoms with van der Waals surface area (Å²) in [4.78, 5) is 1.12. The molecule has 0 aromatic carbocycles. The highest BCUT2D eigenvalue weighted by Gasteiger charge is 2.44. The molecule has 1 aliphatic carbocycles. The molecule has 1 N–H and O–H groups in total. The number of aromatic nitrogens is 2. The van der Waals surface area contributed by atoms with Crippen molar-refractivity contribution in [3.05, 3.63) is 12.4 Å². The summed E-state index contributed by atoms with van der Waals surface area (Å²) in [5, 5.41) is 16.6. The van der Waals surface area contributed by atoms with E-state index in [2.05, 4.69) is 16.5 Å². The van der Waals surface area contributed by atoms with Gasteiger partial charge in [-0.3, -0.25) is 4.68 Å². The second kappa shape index (κ2) is 4.48. The van der Waals surface area contributed by atoms with Gasteiger partial charge in [0.2, 0.25) is 0 Å². The molecule has 0 amide bonds. The van der Waals surface area contributed by atoms with E-state index in [9.17, 15) is 5.26 Å². The van der Waals surface area contributed by atoms with Crippen LogP contribution >= 0.6 is 11.8 Å². The van der Waals surface area contributed by atoms with Gasteiger partial charge in [-0.25, -0.2) is 0 Å². The summed E-state index contributed by atoms with van der Waals surface area (Å²) in [6.07, 6.45) is 6.16. The van der Waals surface area contributed by atoms with E-state index < -0.39 is 0 Å². The normalized spacial score (nSPS) is 19.1. The molecule has 1 aromatic heterocycles. The Labute approximate surface area is 100 Å². The van der Waals surface area contributed by atoms with E-state index in [1.165, 1.54) is 12.8 Å². The molecule has 5 heteroatoms. The molecule has 1 unspecified atom stereocenters. The molecule has 0 spiro atoms. The van der Waals surface area contributed by atoms with Crippen molar-refractivity contribution in [2.24, 2.45) is 13.0 Å². The number of rotatable bonds is 5. The third kappa shape index (κ3) is 2.23. The topological polar surface area (TPSA) is 53.6 Å². The molecular weight excluding hydrogens is 220 g/mol. The molecule has 4 nitrogen and oxygen atoms in total. The smallest absolute Gasteiger partial charge is 0.118 e. The number of nitriles is 1. The minimum absolute atomic E-state index is 0.361. The first-order valence-electron chi connectivity index (χ1n) is 5.42. The van der Waals surface area contributed by atoms with Crippen LogP contribution in [0.4, 0.5) is 0 Å². The van der Waals surface area contributed by atoms with E-state index in [1.807, 2.05) is 26.5 Å². The number of nitrogens with zero attached hydrogens (tertiary/aromatic N) is 3. The van der Waals surface area contributed by atoms with Gasteiger partial charge in [-0.1, -0.05) is 0 Å². The van der Waals surface area contributed by atoms with Crippen molar-refractivity contribution in [2.75, 3.05) is 12.8 Å². The van der Waals surface area contributed by atoms with Crippen LogP contribution in [0.3, 0.4) is 0 Å². The SMILES string of the molecule is CNC(C#N)(CSc1cnn(C)c1)C1CC1. The van der Waals surface area contributed by atoms with Crippen molar-refractivity contribution >= 4 is 11.8 Å². The lowest BCUT2D eigenvalue weighted by Gasteiger charge is -2.25. The zero-order valence-corrected chi connectivity index (χ0v) is 10.4. The van der Waals surface area contributed by atoms with Gasteiger partial charge in [0.05, 0.1) is 12.3 Å². The molecule has 1 heterocycles. The highest BCUT2D eigenvalue weighted by atomic mass is 32.2. The summed E-state index contributed by atoms with van der Waals surface area (Å²) in [5.41, 5.74) is -0.361. The van der Waals surface area contributed by atoms with Gasteiger partial charge >= 0.3 is 0 Å². The maximum atomic E-state index is 9.32. The van der Waals surface area contributed by atoms with Gasteiger partial charge in [-0.2, -0.15) is 10.4 Å². The standard InChI is InChI=1S/C11H16N4S/c1-13-11(7-12,9-3-4-9)8-16-10-5-14-15(2)6-10/h5-6,9,13H,3-4,8H2,1-2H3. The van der Waals surface area contributed by atoms with Crippen molar-refractivity contribution in [3.8, 4) is 6.07 Å². The van der Waals surface area contributed by atoms with Gasteiger partial charge in [0.1, 0.15) is 5.54 Å². The van der Waals surface area contributed by atoms with Crippen molar-refractivity contribution < 1.29 is 0 Å².